The number of phenolic OH excluding ortho intramolecular Hbond substituents is 1. The molecule has 206 valence electrons. The number of ether oxygens (including phenoxy) is 2. The number of carbonyl (C=O) groups is 1. The zero-order chi connectivity index (χ0) is 27.4. The number of amides is 1. The highest BCUT2D eigenvalue weighted by Crippen LogP contribution is 2.38. The summed E-state index contributed by atoms with van der Waals surface area (Å²) < 4.78 is 49.4. The van der Waals surface area contributed by atoms with Crippen molar-refractivity contribution in [3.8, 4) is 17.0 Å². The SMILES string of the molecule is CCCCCC(CC)Nc1nnc(-c2ccc(C(F)(F)F)cc2O)c(CCCOC)c1CNC(=O)OC. The van der Waals surface area contributed by atoms with Gasteiger partial charge in [-0.15, -0.1) is 10.2 Å². The van der Waals surface area contributed by atoms with Crippen molar-refractivity contribution < 1.29 is 32.5 Å². The fourth-order valence-corrected chi connectivity index (χ4v) is 4.05. The summed E-state index contributed by atoms with van der Waals surface area (Å²) in [6.45, 7) is 4.68. The van der Waals surface area contributed by atoms with Crippen LogP contribution in [-0.2, 0) is 28.6 Å². The molecule has 37 heavy (non-hydrogen) atoms. The number of anilines is 1. The Hall–Kier alpha value is -3.08. The maximum absolute atomic E-state index is 13.2. The first kappa shape index (κ1) is 30.1. The quantitative estimate of drug-likeness (QED) is 0.257. The number of benzene rings is 1. The highest BCUT2D eigenvalue weighted by Gasteiger charge is 2.32. The van der Waals surface area contributed by atoms with Gasteiger partial charge in [-0.25, -0.2) is 4.79 Å². The number of alkyl carbamates (subject to hydrolysis) is 1. The summed E-state index contributed by atoms with van der Waals surface area (Å²) in [4.78, 5) is 11.9. The summed E-state index contributed by atoms with van der Waals surface area (Å²) in [6.07, 6.45) is 0.788. The van der Waals surface area contributed by atoms with Crippen molar-refractivity contribution in [2.24, 2.45) is 0 Å². The molecule has 0 radical (unpaired) electrons. The lowest BCUT2D eigenvalue weighted by atomic mass is 9.95. The lowest BCUT2D eigenvalue weighted by Gasteiger charge is -2.23. The molecule has 0 fully saturated rings. The fraction of sp³-hybridized carbons (Fsp3) is 0.577. The number of unbranched alkanes of at least 4 members (excludes halogenated alkanes) is 2. The van der Waals surface area contributed by atoms with Crippen LogP contribution in [0.5, 0.6) is 5.75 Å². The number of hydrogen-bond donors (Lipinski definition) is 3. The van der Waals surface area contributed by atoms with E-state index in [-0.39, 0.29) is 23.8 Å². The maximum Gasteiger partial charge on any atom is 0.416 e. The Morgan fingerprint density at radius 2 is 1.86 bits per heavy atom. The third kappa shape index (κ3) is 8.77. The van der Waals surface area contributed by atoms with E-state index >= 15 is 0 Å². The summed E-state index contributed by atoms with van der Waals surface area (Å²) in [5.41, 5.74) is 0.665. The van der Waals surface area contributed by atoms with E-state index in [0.717, 1.165) is 38.2 Å². The van der Waals surface area contributed by atoms with Gasteiger partial charge in [-0.2, -0.15) is 13.2 Å². The summed E-state index contributed by atoms with van der Waals surface area (Å²) in [5.74, 6) is -0.0852. The fourth-order valence-electron chi connectivity index (χ4n) is 4.05. The second-order valence-corrected chi connectivity index (χ2v) is 8.77. The summed E-state index contributed by atoms with van der Waals surface area (Å²) in [5, 5.41) is 25.3. The van der Waals surface area contributed by atoms with Crippen LogP contribution in [0.15, 0.2) is 18.2 Å². The molecule has 1 atom stereocenters. The average Bonchev–Trinajstić information content (AvgIpc) is 2.87. The van der Waals surface area contributed by atoms with Gasteiger partial charge in [-0.3, -0.25) is 0 Å². The smallest absolute Gasteiger partial charge is 0.416 e. The Labute approximate surface area is 216 Å². The molecular formula is C26H37F3N4O4. The van der Waals surface area contributed by atoms with Crippen molar-refractivity contribution in [2.75, 3.05) is 26.1 Å². The molecule has 2 aromatic rings. The molecule has 11 heteroatoms. The van der Waals surface area contributed by atoms with Crippen molar-refractivity contribution in [2.45, 2.75) is 77.6 Å². The van der Waals surface area contributed by atoms with Gasteiger partial charge < -0.3 is 25.2 Å². The van der Waals surface area contributed by atoms with Crippen LogP contribution in [0.25, 0.3) is 11.3 Å². The van der Waals surface area contributed by atoms with Crippen LogP contribution < -0.4 is 10.6 Å². The maximum atomic E-state index is 13.2. The molecule has 1 unspecified atom stereocenters. The summed E-state index contributed by atoms with van der Waals surface area (Å²) >= 11 is 0. The summed E-state index contributed by atoms with van der Waals surface area (Å²) in [6, 6.07) is 2.88. The van der Waals surface area contributed by atoms with Crippen molar-refractivity contribution in [3.05, 3.63) is 34.9 Å². The number of carbonyl (C=O) groups excluding carboxylic acids is 1. The van der Waals surface area contributed by atoms with Crippen molar-refractivity contribution in [3.63, 3.8) is 0 Å². The minimum absolute atomic E-state index is 0.0482. The van der Waals surface area contributed by atoms with Gasteiger partial charge in [-0.1, -0.05) is 33.1 Å². The molecule has 0 bridgehead atoms. The van der Waals surface area contributed by atoms with Gasteiger partial charge in [0, 0.05) is 30.9 Å². The van der Waals surface area contributed by atoms with E-state index in [0.29, 0.717) is 42.5 Å². The lowest BCUT2D eigenvalue weighted by Crippen LogP contribution is -2.27. The molecule has 8 nitrogen and oxygen atoms in total. The first-order valence-electron chi connectivity index (χ1n) is 12.5. The molecule has 0 spiro atoms. The molecule has 3 N–H and O–H groups in total. The molecule has 0 saturated carbocycles. The Balaban J connectivity index is 2.60. The van der Waals surface area contributed by atoms with Gasteiger partial charge in [0.1, 0.15) is 11.4 Å². The van der Waals surface area contributed by atoms with Crippen LogP contribution in [0.4, 0.5) is 23.8 Å². The zero-order valence-electron chi connectivity index (χ0n) is 21.9. The second-order valence-electron chi connectivity index (χ2n) is 8.77. The molecule has 0 aliphatic carbocycles. The predicted octanol–water partition coefficient (Wildman–Crippen LogP) is 6.07. The highest BCUT2D eigenvalue weighted by atomic mass is 19.4. The van der Waals surface area contributed by atoms with Gasteiger partial charge in [0.25, 0.3) is 0 Å². The molecule has 1 heterocycles. The van der Waals surface area contributed by atoms with Crippen LogP contribution in [-0.4, -0.2) is 48.3 Å². The molecular weight excluding hydrogens is 489 g/mol. The molecule has 1 aromatic carbocycles. The zero-order valence-corrected chi connectivity index (χ0v) is 21.9. The predicted molar refractivity (Wildman–Crippen MR) is 135 cm³/mol. The molecule has 0 aliphatic heterocycles. The summed E-state index contributed by atoms with van der Waals surface area (Å²) in [7, 11) is 2.83. The average molecular weight is 527 g/mol. The molecule has 2 rings (SSSR count). The minimum atomic E-state index is -4.60. The third-order valence-corrected chi connectivity index (χ3v) is 6.13. The third-order valence-electron chi connectivity index (χ3n) is 6.13. The first-order valence-corrected chi connectivity index (χ1v) is 12.5. The van der Waals surface area contributed by atoms with Crippen LogP contribution >= 0.6 is 0 Å². The molecule has 1 amide bonds. The van der Waals surface area contributed by atoms with E-state index in [1.54, 1.807) is 7.11 Å². The van der Waals surface area contributed by atoms with Crippen molar-refractivity contribution in [1.82, 2.24) is 15.5 Å². The number of hydrogen-bond acceptors (Lipinski definition) is 7. The van der Waals surface area contributed by atoms with Crippen LogP contribution in [0, 0.1) is 0 Å². The van der Waals surface area contributed by atoms with E-state index in [4.69, 9.17) is 9.47 Å². The number of nitrogens with zero attached hydrogens (tertiary/aromatic N) is 2. The monoisotopic (exact) mass is 526 g/mol. The Morgan fingerprint density at radius 3 is 2.46 bits per heavy atom. The van der Waals surface area contributed by atoms with Crippen molar-refractivity contribution in [1.29, 1.82) is 0 Å². The largest absolute Gasteiger partial charge is 0.507 e. The number of phenols is 1. The van der Waals surface area contributed by atoms with E-state index in [1.165, 1.54) is 13.2 Å². The minimum Gasteiger partial charge on any atom is -0.507 e. The van der Waals surface area contributed by atoms with Gasteiger partial charge >= 0.3 is 12.3 Å². The number of methoxy groups -OCH3 is 2. The number of nitrogens with one attached hydrogen (secondary N) is 2. The van der Waals surface area contributed by atoms with Crippen LogP contribution in [0.1, 0.15) is 69.1 Å². The molecule has 0 aliphatic rings. The highest BCUT2D eigenvalue weighted by molar-refractivity contribution is 5.73. The van der Waals surface area contributed by atoms with Gasteiger partial charge in [0.05, 0.1) is 19.2 Å². The van der Waals surface area contributed by atoms with E-state index in [2.05, 4.69) is 34.7 Å². The number of halogens is 3. The second kappa shape index (κ2) is 14.6. The van der Waals surface area contributed by atoms with Crippen LogP contribution in [0.2, 0.25) is 0 Å². The van der Waals surface area contributed by atoms with E-state index in [1.807, 2.05) is 0 Å². The molecule has 1 aromatic heterocycles. The Morgan fingerprint density at radius 1 is 1.11 bits per heavy atom. The molecule has 0 saturated heterocycles. The van der Waals surface area contributed by atoms with E-state index in [9.17, 15) is 23.1 Å². The number of aromatic hydroxyl groups is 1. The number of alkyl halides is 3. The Bertz CT molecular complexity index is 1020. The topological polar surface area (TPSA) is 106 Å². The lowest BCUT2D eigenvalue weighted by molar-refractivity contribution is -0.137. The van der Waals surface area contributed by atoms with Gasteiger partial charge in [0.2, 0.25) is 0 Å². The number of rotatable bonds is 14. The van der Waals surface area contributed by atoms with Gasteiger partial charge in [-0.05, 0) is 49.4 Å². The first-order chi connectivity index (χ1) is 17.7. The normalized spacial score (nSPS) is 12.3. The standard InChI is InChI=1S/C26H37F3N4O4/c1-5-7-8-10-18(6-2)31-24-21(16-30-25(35)37-4)19(11-9-14-36-3)23(32-33-24)20-13-12-17(15-22(20)34)26(27,28)29/h12-13,15,18,34H,5-11,14,16H2,1-4H3,(H,30,35)(H,31,33). The van der Waals surface area contributed by atoms with Gasteiger partial charge in [0.15, 0.2) is 5.82 Å². The Kier molecular flexibility index (Phi) is 11.9. The van der Waals surface area contributed by atoms with E-state index < -0.39 is 23.6 Å². The van der Waals surface area contributed by atoms with Crippen molar-refractivity contribution >= 4 is 11.9 Å². The number of aromatic nitrogens is 2. The van der Waals surface area contributed by atoms with Crippen LogP contribution in [0.3, 0.4) is 0 Å².